The Morgan fingerprint density at radius 2 is 2.10 bits per heavy atom. The molecule has 2 rings (SSSR count). The minimum atomic E-state index is -1.09. The molecule has 20 heavy (non-hydrogen) atoms. The number of aromatic nitrogens is 1. The third-order valence-corrected chi connectivity index (χ3v) is 3.86. The third-order valence-electron chi connectivity index (χ3n) is 2.82. The van der Waals surface area contributed by atoms with Crippen molar-refractivity contribution in [2.75, 3.05) is 5.32 Å². The molecule has 0 fully saturated rings. The minimum absolute atomic E-state index is 0.0346. The number of benzene rings is 1. The number of hydrogen-bond donors (Lipinski definition) is 3. The Bertz CT molecular complexity index is 600. The molecule has 0 aliphatic carbocycles. The highest BCUT2D eigenvalue weighted by Gasteiger charge is 2.18. The van der Waals surface area contributed by atoms with Crippen molar-refractivity contribution < 1.29 is 9.90 Å². The Kier molecular flexibility index (Phi) is 4.59. The van der Waals surface area contributed by atoms with Crippen LogP contribution in [0.25, 0.3) is 0 Å². The van der Waals surface area contributed by atoms with Gasteiger partial charge in [-0.3, -0.25) is 4.79 Å². The predicted molar refractivity (Wildman–Crippen MR) is 80.2 cm³/mol. The van der Waals surface area contributed by atoms with Crippen LogP contribution in [0.1, 0.15) is 30.3 Å². The summed E-state index contributed by atoms with van der Waals surface area (Å²) < 4.78 is 0. The molecule has 4 N–H and O–H groups in total. The molecule has 1 aromatic heterocycles. The molecule has 5 nitrogen and oxygen atoms in total. The van der Waals surface area contributed by atoms with Crippen molar-refractivity contribution in [2.45, 2.75) is 19.0 Å². The molecule has 0 saturated heterocycles. The van der Waals surface area contributed by atoms with E-state index >= 15 is 0 Å². The van der Waals surface area contributed by atoms with Gasteiger partial charge in [0.1, 0.15) is 6.04 Å². The van der Waals surface area contributed by atoms with E-state index < -0.39 is 12.0 Å². The molecular formula is C13H14ClN3O2S. The van der Waals surface area contributed by atoms with Crippen molar-refractivity contribution in [2.24, 2.45) is 5.73 Å². The Morgan fingerprint density at radius 3 is 2.70 bits per heavy atom. The van der Waals surface area contributed by atoms with Crippen molar-refractivity contribution in [3.8, 4) is 0 Å². The highest BCUT2D eigenvalue weighted by molar-refractivity contribution is 7.13. The summed E-state index contributed by atoms with van der Waals surface area (Å²) in [7, 11) is 0. The number of carbonyl (C=O) groups is 1. The predicted octanol–water partition coefficient (Wildman–Crippen LogP) is 3.05. The summed E-state index contributed by atoms with van der Waals surface area (Å²) in [5, 5.41) is 15.0. The summed E-state index contributed by atoms with van der Waals surface area (Å²) in [5.74, 6) is -1.09. The van der Waals surface area contributed by atoms with Crippen LogP contribution in [0.2, 0.25) is 5.02 Å². The fourth-order valence-electron chi connectivity index (χ4n) is 1.64. The number of hydrogen-bond acceptors (Lipinski definition) is 5. The second-order valence-corrected chi connectivity index (χ2v) is 5.61. The standard InChI is InChI=1S/C13H14ClN3O2S/c1-7(8-2-4-9(14)5-3-8)16-13-17-10(6-20-13)11(15)12(18)19/h2-7,11H,15H2,1H3,(H,16,17)(H,18,19). The molecule has 0 saturated carbocycles. The number of nitrogens with zero attached hydrogens (tertiary/aromatic N) is 1. The van der Waals surface area contributed by atoms with Gasteiger partial charge in [-0.15, -0.1) is 11.3 Å². The van der Waals surface area contributed by atoms with Crippen LogP contribution in [-0.2, 0) is 4.79 Å². The summed E-state index contributed by atoms with van der Waals surface area (Å²) in [6.45, 7) is 1.99. The maximum Gasteiger partial charge on any atom is 0.326 e. The van der Waals surface area contributed by atoms with Crippen molar-refractivity contribution in [3.63, 3.8) is 0 Å². The van der Waals surface area contributed by atoms with Gasteiger partial charge < -0.3 is 16.2 Å². The third kappa shape index (κ3) is 3.47. The lowest BCUT2D eigenvalue weighted by Crippen LogP contribution is -2.21. The van der Waals surface area contributed by atoms with Crippen LogP contribution in [0, 0.1) is 0 Å². The van der Waals surface area contributed by atoms with Gasteiger partial charge in [0.05, 0.1) is 11.7 Å². The van der Waals surface area contributed by atoms with E-state index in [0.29, 0.717) is 15.8 Å². The van der Waals surface area contributed by atoms with Gasteiger partial charge in [0.25, 0.3) is 0 Å². The van der Waals surface area contributed by atoms with Crippen LogP contribution in [0.3, 0.4) is 0 Å². The first kappa shape index (κ1) is 14.8. The molecule has 0 amide bonds. The maximum absolute atomic E-state index is 10.8. The van der Waals surface area contributed by atoms with E-state index in [-0.39, 0.29) is 6.04 Å². The number of rotatable bonds is 5. The van der Waals surface area contributed by atoms with Gasteiger partial charge in [0.15, 0.2) is 5.13 Å². The SMILES string of the molecule is CC(Nc1nc(C(N)C(=O)O)cs1)c1ccc(Cl)cc1. The molecule has 0 bridgehead atoms. The van der Waals surface area contributed by atoms with Gasteiger partial charge >= 0.3 is 5.97 Å². The number of carboxylic acids is 1. The highest BCUT2D eigenvalue weighted by Crippen LogP contribution is 2.25. The Morgan fingerprint density at radius 1 is 1.45 bits per heavy atom. The number of aliphatic carboxylic acids is 1. The van der Waals surface area contributed by atoms with Gasteiger partial charge in [0, 0.05) is 10.4 Å². The van der Waals surface area contributed by atoms with E-state index in [1.165, 1.54) is 11.3 Å². The lowest BCUT2D eigenvalue weighted by molar-refractivity contribution is -0.138. The average molecular weight is 312 g/mol. The van der Waals surface area contributed by atoms with Gasteiger partial charge in [-0.05, 0) is 24.6 Å². The fourth-order valence-corrected chi connectivity index (χ4v) is 2.60. The molecule has 1 heterocycles. The lowest BCUT2D eigenvalue weighted by atomic mass is 10.1. The molecule has 1 aromatic carbocycles. The number of nitrogens with one attached hydrogen (secondary N) is 1. The van der Waals surface area contributed by atoms with Crippen LogP contribution >= 0.6 is 22.9 Å². The van der Waals surface area contributed by atoms with Crippen LogP contribution < -0.4 is 11.1 Å². The quantitative estimate of drug-likeness (QED) is 0.790. The molecule has 0 spiro atoms. The Hall–Kier alpha value is -1.63. The second kappa shape index (κ2) is 6.21. The fraction of sp³-hybridized carbons (Fsp3) is 0.231. The van der Waals surface area contributed by atoms with E-state index in [4.69, 9.17) is 22.4 Å². The molecule has 0 radical (unpaired) electrons. The first-order chi connectivity index (χ1) is 9.47. The van der Waals surface area contributed by atoms with Gasteiger partial charge in [-0.2, -0.15) is 0 Å². The molecule has 7 heteroatoms. The topological polar surface area (TPSA) is 88.2 Å². The van der Waals surface area contributed by atoms with Crippen LogP contribution in [0.15, 0.2) is 29.6 Å². The minimum Gasteiger partial charge on any atom is -0.480 e. The van der Waals surface area contributed by atoms with Crippen LogP contribution in [0.5, 0.6) is 0 Å². The molecule has 2 unspecified atom stereocenters. The Balaban J connectivity index is 2.06. The monoisotopic (exact) mass is 311 g/mol. The van der Waals surface area contributed by atoms with Gasteiger partial charge in [-0.25, -0.2) is 4.98 Å². The largest absolute Gasteiger partial charge is 0.480 e. The number of nitrogens with two attached hydrogens (primary N) is 1. The zero-order valence-electron chi connectivity index (χ0n) is 10.7. The number of anilines is 1. The normalized spacial score (nSPS) is 13.8. The molecular weight excluding hydrogens is 298 g/mol. The molecule has 106 valence electrons. The van der Waals surface area contributed by atoms with Gasteiger partial charge in [-0.1, -0.05) is 23.7 Å². The van der Waals surface area contributed by atoms with E-state index in [0.717, 1.165) is 5.56 Å². The molecule has 2 atom stereocenters. The summed E-state index contributed by atoms with van der Waals surface area (Å²) in [5.41, 5.74) is 6.93. The van der Waals surface area contributed by atoms with E-state index in [1.54, 1.807) is 5.38 Å². The van der Waals surface area contributed by atoms with E-state index in [1.807, 2.05) is 31.2 Å². The summed E-state index contributed by atoms with van der Waals surface area (Å²) in [4.78, 5) is 15.0. The van der Waals surface area contributed by atoms with Crippen molar-refractivity contribution in [1.82, 2.24) is 4.98 Å². The smallest absolute Gasteiger partial charge is 0.326 e. The highest BCUT2D eigenvalue weighted by atomic mass is 35.5. The van der Waals surface area contributed by atoms with E-state index in [9.17, 15) is 4.79 Å². The van der Waals surface area contributed by atoms with Crippen LogP contribution in [0.4, 0.5) is 5.13 Å². The van der Waals surface area contributed by atoms with Crippen LogP contribution in [-0.4, -0.2) is 16.1 Å². The molecule has 0 aliphatic heterocycles. The summed E-state index contributed by atoms with van der Waals surface area (Å²) in [6, 6.07) is 6.44. The zero-order chi connectivity index (χ0) is 14.7. The van der Waals surface area contributed by atoms with Crippen molar-refractivity contribution in [3.05, 3.63) is 45.9 Å². The van der Waals surface area contributed by atoms with Gasteiger partial charge in [0.2, 0.25) is 0 Å². The number of carboxylic acid groups (broad SMARTS) is 1. The molecule has 0 aliphatic rings. The summed E-state index contributed by atoms with van der Waals surface area (Å²) in [6.07, 6.45) is 0. The maximum atomic E-state index is 10.8. The first-order valence-electron chi connectivity index (χ1n) is 5.93. The first-order valence-corrected chi connectivity index (χ1v) is 7.19. The second-order valence-electron chi connectivity index (χ2n) is 4.31. The number of thiazole rings is 1. The van der Waals surface area contributed by atoms with E-state index in [2.05, 4.69) is 10.3 Å². The average Bonchev–Trinajstić information content (AvgIpc) is 2.86. The number of halogens is 1. The Labute approximate surface area is 125 Å². The molecule has 2 aromatic rings. The zero-order valence-corrected chi connectivity index (χ0v) is 12.3. The lowest BCUT2D eigenvalue weighted by Gasteiger charge is -2.13. The summed E-state index contributed by atoms with van der Waals surface area (Å²) >= 11 is 7.17. The van der Waals surface area contributed by atoms with Crippen molar-refractivity contribution >= 4 is 34.0 Å². The van der Waals surface area contributed by atoms with Crippen molar-refractivity contribution in [1.29, 1.82) is 0 Å².